The zero-order valence-corrected chi connectivity index (χ0v) is 24.3. The third kappa shape index (κ3) is 5.13. The first-order valence-electron chi connectivity index (χ1n) is 14.3. The number of likely N-dealkylation sites (tertiary alicyclic amines) is 1. The maximum Gasteiger partial charge on any atom is 0.156 e. The van der Waals surface area contributed by atoms with Crippen molar-refractivity contribution in [2.24, 2.45) is 0 Å². The molecule has 0 unspecified atom stereocenters. The average molecular weight is 563 g/mol. The third-order valence-electron chi connectivity index (χ3n) is 8.35. The monoisotopic (exact) mass is 562 g/mol. The highest BCUT2D eigenvalue weighted by molar-refractivity contribution is 7.15. The Morgan fingerprint density at radius 2 is 1.88 bits per heavy atom. The van der Waals surface area contributed by atoms with E-state index in [9.17, 15) is 5.11 Å². The normalized spacial score (nSPS) is 17.2. The highest BCUT2D eigenvalue weighted by atomic mass is 32.1. The third-order valence-corrected chi connectivity index (χ3v) is 9.48. The van der Waals surface area contributed by atoms with Gasteiger partial charge in [0.2, 0.25) is 0 Å². The minimum absolute atomic E-state index is 0.219. The SMILES string of the molecule is Cc1c(Nc2nccc3cc(CN4CC[C@H](O)C4)cnc23)cccc1-c1cccc(-c2nc3c(s2)CNCC3)c1C. The molecule has 2 aliphatic heterocycles. The van der Waals surface area contributed by atoms with Crippen molar-refractivity contribution in [3.63, 3.8) is 0 Å². The van der Waals surface area contributed by atoms with Crippen molar-refractivity contribution in [2.45, 2.75) is 45.9 Å². The molecule has 7 rings (SSSR count). The fourth-order valence-corrected chi connectivity index (χ4v) is 7.25. The molecule has 208 valence electrons. The summed E-state index contributed by atoms with van der Waals surface area (Å²) >= 11 is 1.81. The van der Waals surface area contributed by atoms with Gasteiger partial charge in [-0.25, -0.2) is 9.97 Å². The largest absolute Gasteiger partial charge is 0.392 e. The molecule has 7 nitrogen and oxygen atoms in total. The summed E-state index contributed by atoms with van der Waals surface area (Å²) in [7, 11) is 0. The smallest absolute Gasteiger partial charge is 0.156 e. The molecular formula is C33H34N6OS. The van der Waals surface area contributed by atoms with Crippen LogP contribution in [0.4, 0.5) is 11.5 Å². The van der Waals surface area contributed by atoms with Gasteiger partial charge in [-0.1, -0.05) is 30.3 Å². The van der Waals surface area contributed by atoms with Crippen LogP contribution in [0.3, 0.4) is 0 Å². The van der Waals surface area contributed by atoms with Gasteiger partial charge in [-0.2, -0.15) is 0 Å². The van der Waals surface area contributed by atoms with Gasteiger partial charge in [0.15, 0.2) is 5.82 Å². The molecule has 5 aromatic rings. The van der Waals surface area contributed by atoms with Crippen LogP contribution in [0.15, 0.2) is 60.9 Å². The molecule has 0 amide bonds. The summed E-state index contributed by atoms with van der Waals surface area (Å²) < 4.78 is 0. The van der Waals surface area contributed by atoms with Gasteiger partial charge in [-0.15, -0.1) is 11.3 Å². The number of hydrogen-bond donors (Lipinski definition) is 3. The van der Waals surface area contributed by atoms with Crippen molar-refractivity contribution in [3.05, 3.63) is 88.2 Å². The molecule has 3 N–H and O–H groups in total. The first-order valence-corrected chi connectivity index (χ1v) is 15.2. The summed E-state index contributed by atoms with van der Waals surface area (Å²) in [6.07, 6.45) is 5.39. The lowest BCUT2D eigenvalue weighted by Gasteiger charge is -2.17. The molecule has 8 heteroatoms. The van der Waals surface area contributed by atoms with Crippen LogP contribution < -0.4 is 10.6 Å². The Balaban J connectivity index is 1.18. The summed E-state index contributed by atoms with van der Waals surface area (Å²) in [5, 5.41) is 19.1. The number of aromatic nitrogens is 3. The van der Waals surface area contributed by atoms with Crippen molar-refractivity contribution in [3.8, 4) is 21.7 Å². The average Bonchev–Trinajstić information content (AvgIpc) is 3.60. The number of thiazole rings is 1. The van der Waals surface area contributed by atoms with E-state index in [1.165, 1.54) is 38.4 Å². The van der Waals surface area contributed by atoms with Gasteiger partial charge in [-0.3, -0.25) is 9.88 Å². The van der Waals surface area contributed by atoms with Crippen molar-refractivity contribution in [1.29, 1.82) is 0 Å². The number of β-amino-alcohol motifs (C(OH)–C–C–N with tert-alkyl or cyclic N) is 1. The number of hydrogen-bond acceptors (Lipinski definition) is 8. The van der Waals surface area contributed by atoms with Crippen LogP contribution in [0.2, 0.25) is 0 Å². The zero-order valence-electron chi connectivity index (χ0n) is 23.4. The highest BCUT2D eigenvalue weighted by Gasteiger charge is 2.21. The van der Waals surface area contributed by atoms with Gasteiger partial charge < -0.3 is 15.7 Å². The number of anilines is 2. The highest BCUT2D eigenvalue weighted by Crippen LogP contribution is 2.38. The standard InChI is InChI=1S/C33H34N6OS/c1-20-25(5-3-7-27(20)33-38-29-10-12-34-17-30(29)41-33)26-6-4-8-28(21(26)2)37-32-31-23(9-13-35-32)15-22(16-36-31)18-39-14-11-24(40)19-39/h3-9,13,15-16,24,34,40H,10-12,14,17-19H2,1-2H3,(H,35,37)/t24-/m0/s1. The van der Waals surface area contributed by atoms with Crippen molar-refractivity contribution < 1.29 is 5.11 Å². The molecular weight excluding hydrogens is 528 g/mol. The quantitative estimate of drug-likeness (QED) is 0.234. The summed E-state index contributed by atoms with van der Waals surface area (Å²) in [5.74, 6) is 0.748. The van der Waals surface area contributed by atoms with Gasteiger partial charge in [0.25, 0.3) is 0 Å². The molecule has 0 aliphatic carbocycles. The minimum atomic E-state index is -0.219. The topological polar surface area (TPSA) is 86.2 Å². The number of benzene rings is 2. The van der Waals surface area contributed by atoms with Crippen LogP contribution >= 0.6 is 11.3 Å². The predicted molar refractivity (Wildman–Crippen MR) is 167 cm³/mol. The van der Waals surface area contributed by atoms with Crippen LogP contribution in [0, 0.1) is 13.8 Å². The summed E-state index contributed by atoms with van der Waals surface area (Å²) in [6.45, 7) is 8.73. The second-order valence-electron chi connectivity index (χ2n) is 11.1. The second-order valence-corrected chi connectivity index (χ2v) is 12.2. The van der Waals surface area contributed by atoms with Gasteiger partial charge in [-0.05, 0) is 66.3 Å². The van der Waals surface area contributed by atoms with E-state index in [0.29, 0.717) is 0 Å². The number of aliphatic hydroxyl groups excluding tert-OH is 1. The fraction of sp³-hybridized carbons (Fsp3) is 0.303. The van der Waals surface area contributed by atoms with E-state index in [4.69, 9.17) is 9.97 Å². The lowest BCUT2D eigenvalue weighted by Crippen LogP contribution is -2.22. The molecule has 0 radical (unpaired) electrons. The molecule has 0 saturated carbocycles. The van der Waals surface area contributed by atoms with Crippen LogP contribution in [-0.2, 0) is 19.5 Å². The maximum absolute atomic E-state index is 9.87. The van der Waals surface area contributed by atoms with E-state index in [2.05, 4.69) is 76.8 Å². The Morgan fingerprint density at radius 3 is 2.71 bits per heavy atom. The molecule has 1 atom stereocenters. The zero-order chi connectivity index (χ0) is 27.9. The van der Waals surface area contributed by atoms with E-state index in [-0.39, 0.29) is 6.10 Å². The molecule has 2 aliphatic rings. The van der Waals surface area contributed by atoms with Gasteiger partial charge >= 0.3 is 0 Å². The number of aliphatic hydroxyl groups is 1. The first-order chi connectivity index (χ1) is 20.0. The molecule has 5 heterocycles. The van der Waals surface area contributed by atoms with Gasteiger partial charge in [0.1, 0.15) is 10.5 Å². The van der Waals surface area contributed by atoms with Crippen LogP contribution in [0.5, 0.6) is 0 Å². The van der Waals surface area contributed by atoms with Crippen molar-refractivity contribution >= 4 is 33.7 Å². The Bertz CT molecular complexity index is 1720. The van der Waals surface area contributed by atoms with Crippen LogP contribution in [0.25, 0.3) is 32.6 Å². The molecule has 0 bridgehead atoms. The molecule has 1 fully saturated rings. The lowest BCUT2D eigenvalue weighted by molar-refractivity contribution is 0.175. The molecule has 0 spiro atoms. The summed E-state index contributed by atoms with van der Waals surface area (Å²) in [4.78, 5) is 18.1. The number of nitrogens with zero attached hydrogens (tertiary/aromatic N) is 4. The van der Waals surface area contributed by atoms with E-state index in [1.54, 1.807) is 0 Å². The Labute approximate surface area is 244 Å². The minimum Gasteiger partial charge on any atom is -0.392 e. The number of rotatable bonds is 6. The summed E-state index contributed by atoms with van der Waals surface area (Å²) in [5.41, 5.74) is 10.3. The van der Waals surface area contributed by atoms with Crippen molar-refractivity contribution in [1.82, 2.24) is 25.2 Å². The number of fused-ring (bicyclic) bond motifs is 2. The van der Waals surface area contributed by atoms with Crippen molar-refractivity contribution in [2.75, 3.05) is 25.0 Å². The van der Waals surface area contributed by atoms with Gasteiger partial charge in [0.05, 0.1) is 11.8 Å². The molecule has 1 saturated heterocycles. The predicted octanol–water partition coefficient (Wildman–Crippen LogP) is 5.99. The fourth-order valence-electron chi connectivity index (χ4n) is 6.09. The lowest BCUT2D eigenvalue weighted by atomic mass is 9.93. The van der Waals surface area contributed by atoms with Crippen LogP contribution in [0.1, 0.15) is 33.7 Å². The maximum atomic E-state index is 9.87. The molecule has 3 aromatic heterocycles. The first kappa shape index (κ1) is 26.2. The number of pyridine rings is 2. The van der Waals surface area contributed by atoms with E-state index < -0.39 is 0 Å². The Hall–Kier alpha value is -3.69. The van der Waals surface area contributed by atoms with Crippen LogP contribution in [-0.4, -0.2) is 50.7 Å². The summed E-state index contributed by atoms with van der Waals surface area (Å²) in [6, 6.07) is 17.1. The van der Waals surface area contributed by atoms with E-state index >= 15 is 0 Å². The Morgan fingerprint density at radius 1 is 1.05 bits per heavy atom. The van der Waals surface area contributed by atoms with E-state index in [1.807, 2.05) is 29.8 Å². The molecule has 41 heavy (non-hydrogen) atoms. The van der Waals surface area contributed by atoms with E-state index in [0.717, 1.165) is 78.5 Å². The molecule has 2 aromatic carbocycles. The Kier molecular flexibility index (Phi) is 7.00. The second kappa shape index (κ2) is 10.9. The van der Waals surface area contributed by atoms with Gasteiger partial charge in [0, 0.05) is 73.1 Å². The number of nitrogens with one attached hydrogen (secondary N) is 2.